The van der Waals surface area contributed by atoms with Crippen LogP contribution in [0, 0.1) is 0 Å². The van der Waals surface area contributed by atoms with Crippen molar-refractivity contribution in [2.75, 3.05) is 11.9 Å². The van der Waals surface area contributed by atoms with E-state index in [-0.39, 0.29) is 5.91 Å². The molecule has 0 radical (unpaired) electrons. The summed E-state index contributed by atoms with van der Waals surface area (Å²) in [6, 6.07) is 9.13. The van der Waals surface area contributed by atoms with E-state index in [1.807, 2.05) is 35.2 Å². The fourth-order valence-electron chi connectivity index (χ4n) is 1.90. The summed E-state index contributed by atoms with van der Waals surface area (Å²) in [7, 11) is 0. The lowest BCUT2D eigenvalue weighted by atomic mass is 10.3. The Labute approximate surface area is 123 Å². The van der Waals surface area contributed by atoms with Gasteiger partial charge in [-0.05, 0) is 36.4 Å². The van der Waals surface area contributed by atoms with Gasteiger partial charge in [0.1, 0.15) is 6.54 Å². The van der Waals surface area contributed by atoms with Gasteiger partial charge in [0.05, 0.1) is 0 Å². The second-order valence-corrected chi connectivity index (χ2v) is 4.97. The Morgan fingerprint density at radius 1 is 1.35 bits per heavy atom. The maximum absolute atomic E-state index is 11.9. The zero-order valence-electron chi connectivity index (χ0n) is 11.4. The second-order valence-electron chi connectivity index (χ2n) is 4.53. The molecule has 2 N–H and O–H groups in total. The predicted octanol–water partition coefficient (Wildman–Crippen LogP) is 2.89. The Kier molecular flexibility index (Phi) is 5.21. The number of nitrogens with one attached hydrogen (secondary N) is 2. The van der Waals surface area contributed by atoms with E-state index in [1.54, 1.807) is 12.1 Å². The molecule has 0 aliphatic carbocycles. The molecular weight excluding hydrogens is 274 g/mol. The molecule has 106 valence electrons. The van der Waals surface area contributed by atoms with Gasteiger partial charge in [-0.15, -0.1) is 0 Å². The number of rotatable bonds is 6. The van der Waals surface area contributed by atoms with Gasteiger partial charge in [-0.25, -0.2) is 0 Å². The molecule has 0 saturated carbocycles. The van der Waals surface area contributed by atoms with E-state index in [1.165, 1.54) is 5.56 Å². The van der Waals surface area contributed by atoms with E-state index < -0.39 is 0 Å². The monoisotopic (exact) mass is 291 g/mol. The van der Waals surface area contributed by atoms with Gasteiger partial charge in [0.25, 0.3) is 0 Å². The predicted molar refractivity (Wildman–Crippen MR) is 81.9 cm³/mol. The third kappa shape index (κ3) is 4.40. The molecule has 2 rings (SSSR count). The molecule has 0 spiro atoms. The molecule has 4 nitrogen and oxygen atoms in total. The molecule has 0 aliphatic rings. The molecule has 0 aliphatic heterocycles. The summed E-state index contributed by atoms with van der Waals surface area (Å²) < 4.78 is 1.87. The molecule has 1 amide bonds. The van der Waals surface area contributed by atoms with Crippen molar-refractivity contribution in [2.24, 2.45) is 0 Å². The molecule has 0 bridgehead atoms. The van der Waals surface area contributed by atoms with Crippen LogP contribution in [0.3, 0.4) is 0 Å². The normalized spacial score (nSPS) is 10.5. The minimum atomic E-state index is -0.0714. The summed E-state index contributed by atoms with van der Waals surface area (Å²) >= 11 is 5.88. The van der Waals surface area contributed by atoms with Gasteiger partial charge >= 0.3 is 0 Å². The molecule has 1 heterocycles. The molecule has 2 aromatic rings. The van der Waals surface area contributed by atoms with E-state index in [0.717, 1.165) is 13.1 Å². The van der Waals surface area contributed by atoms with Crippen molar-refractivity contribution < 1.29 is 4.79 Å². The number of hydrogen-bond acceptors (Lipinski definition) is 2. The van der Waals surface area contributed by atoms with Crippen molar-refractivity contribution in [1.29, 1.82) is 0 Å². The number of aromatic nitrogens is 1. The highest BCUT2D eigenvalue weighted by molar-refractivity contribution is 6.30. The lowest BCUT2D eigenvalue weighted by Gasteiger charge is -2.06. The molecule has 5 heteroatoms. The van der Waals surface area contributed by atoms with Gasteiger partial charge in [-0.2, -0.15) is 0 Å². The third-order valence-electron chi connectivity index (χ3n) is 2.83. The summed E-state index contributed by atoms with van der Waals surface area (Å²) in [5.41, 5.74) is 1.88. The van der Waals surface area contributed by atoms with Crippen LogP contribution in [0.2, 0.25) is 5.02 Å². The summed E-state index contributed by atoms with van der Waals surface area (Å²) in [6.45, 7) is 4.11. The summed E-state index contributed by atoms with van der Waals surface area (Å²) in [6.07, 6.45) is 3.88. The minimum absolute atomic E-state index is 0.0714. The number of amides is 1. The van der Waals surface area contributed by atoms with E-state index in [0.29, 0.717) is 17.3 Å². The topological polar surface area (TPSA) is 46.1 Å². The van der Waals surface area contributed by atoms with Gasteiger partial charge < -0.3 is 15.2 Å². The first-order chi connectivity index (χ1) is 9.67. The van der Waals surface area contributed by atoms with E-state index in [2.05, 4.69) is 17.6 Å². The van der Waals surface area contributed by atoms with E-state index >= 15 is 0 Å². The van der Waals surface area contributed by atoms with Crippen LogP contribution < -0.4 is 10.6 Å². The van der Waals surface area contributed by atoms with Crippen molar-refractivity contribution in [3.63, 3.8) is 0 Å². The number of benzene rings is 1. The first kappa shape index (κ1) is 14.6. The molecule has 1 aromatic heterocycles. The molecule has 0 atom stereocenters. The Hall–Kier alpha value is -1.78. The lowest BCUT2D eigenvalue weighted by Crippen LogP contribution is -2.18. The van der Waals surface area contributed by atoms with Gasteiger partial charge in [-0.1, -0.05) is 24.6 Å². The average molecular weight is 292 g/mol. The van der Waals surface area contributed by atoms with Crippen LogP contribution in [0.25, 0.3) is 0 Å². The van der Waals surface area contributed by atoms with Crippen LogP contribution in [0.4, 0.5) is 5.69 Å². The highest BCUT2D eigenvalue weighted by atomic mass is 35.5. The molecular formula is C15H18ClN3O. The van der Waals surface area contributed by atoms with Crippen LogP contribution in [0.1, 0.15) is 12.5 Å². The van der Waals surface area contributed by atoms with Crippen molar-refractivity contribution in [3.05, 3.63) is 53.3 Å². The number of carbonyl (C=O) groups excluding carboxylic acids is 1. The van der Waals surface area contributed by atoms with Gasteiger partial charge in [-0.3, -0.25) is 4.79 Å². The second kappa shape index (κ2) is 7.12. The number of carbonyl (C=O) groups is 1. The number of halogens is 1. The van der Waals surface area contributed by atoms with E-state index in [4.69, 9.17) is 11.6 Å². The largest absolute Gasteiger partial charge is 0.345 e. The van der Waals surface area contributed by atoms with Crippen molar-refractivity contribution >= 4 is 23.2 Å². The van der Waals surface area contributed by atoms with Crippen LogP contribution in [-0.4, -0.2) is 17.0 Å². The van der Waals surface area contributed by atoms with Crippen molar-refractivity contribution in [1.82, 2.24) is 9.88 Å². The summed E-state index contributed by atoms with van der Waals surface area (Å²) in [5.74, 6) is -0.0714. The molecule has 0 unspecified atom stereocenters. The summed E-state index contributed by atoms with van der Waals surface area (Å²) in [4.78, 5) is 11.9. The zero-order chi connectivity index (χ0) is 14.4. The minimum Gasteiger partial charge on any atom is -0.345 e. The Morgan fingerprint density at radius 2 is 2.20 bits per heavy atom. The quantitative estimate of drug-likeness (QED) is 0.860. The Bertz CT molecular complexity index is 580. The maximum Gasteiger partial charge on any atom is 0.244 e. The fraction of sp³-hybridized carbons (Fsp3) is 0.267. The van der Waals surface area contributed by atoms with Crippen LogP contribution in [0.5, 0.6) is 0 Å². The van der Waals surface area contributed by atoms with Gasteiger partial charge in [0, 0.05) is 29.6 Å². The van der Waals surface area contributed by atoms with Crippen molar-refractivity contribution in [3.8, 4) is 0 Å². The third-order valence-corrected chi connectivity index (χ3v) is 3.06. The Morgan fingerprint density at radius 3 is 2.95 bits per heavy atom. The van der Waals surface area contributed by atoms with Crippen LogP contribution in [-0.2, 0) is 17.9 Å². The Balaban J connectivity index is 1.89. The lowest BCUT2D eigenvalue weighted by molar-refractivity contribution is -0.116. The SMILES string of the molecule is CCNCc1ccn(CC(=O)Nc2cccc(Cl)c2)c1. The molecule has 1 aromatic carbocycles. The zero-order valence-corrected chi connectivity index (χ0v) is 12.2. The number of nitrogens with zero attached hydrogens (tertiary/aromatic N) is 1. The average Bonchev–Trinajstić information content (AvgIpc) is 2.83. The molecule has 20 heavy (non-hydrogen) atoms. The maximum atomic E-state index is 11.9. The van der Waals surface area contributed by atoms with Crippen LogP contribution in [0.15, 0.2) is 42.7 Å². The van der Waals surface area contributed by atoms with Crippen molar-refractivity contribution in [2.45, 2.75) is 20.0 Å². The van der Waals surface area contributed by atoms with E-state index in [9.17, 15) is 4.79 Å². The molecule has 0 fully saturated rings. The van der Waals surface area contributed by atoms with Gasteiger partial charge in [0.2, 0.25) is 5.91 Å². The smallest absolute Gasteiger partial charge is 0.244 e. The van der Waals surface area contributed by atoms with Gasteiger partial charge in [0.15, 0.2) is 0 Å². The van der Waals surface area contributed by atoms with Crippen LogP contribution >= 0.6 is 11.6 Å². The summed E-state index contributed by atoms with van der Waals surface area (Å²) in [5, 5.41) is 6.68. The fourth-order valence-corrected chi connectivity index (χ4v) is 2.09. The number of anilines is 1. The highest BCUT2D eigenvalue weighted by Gasteiger charge is 2.04. The standard InChI is InChI=1S/C15H18ClN3O/c1-2-17-9-12-6-7-19(10-12)11-15(20)18-14-5-3-4-13(16)8-14/h3-8,10,17H,2,9,11H2,1H3,(H,18,20). The molecule has 0 saturated heterocycles. The highest BCUT2D eigenvalue weighted by Crippen LogP contribution is 2.14. The first-order valence-corrected chi connectivity index (χ1v) is 6.96. The first-order valence-electron chi connectivity index (χ1n) is 6.58. The number of hydrogen-bond donors (Lipinski definition) is 2.